The first kappa shape index (κ1) is 26.2. The zero-order chi connectivity index (χ0) is 26.1. The van der Waals surface area contributed by atoms with E-state index < -0.39 is 23.4 Å². The predicted molar refractivity (Wildman–Crippen MR) is 133 cm³/mol. The van der Waals surface area contributed by atoms with Crippen LogP contribution < -0.4 is 15.5 Å². The lowest BCUT2D eigenvalue weighted by atomic mass is 10.1. The summed E-state index contributed by atoms with van der Waals surface area (Å²) in [6.07, 6.45) is -0.491. The lowest BCUT2D eigenvalue weighted by Gasteiger charge is -2.23. The van der Waals surface area contributed by atoms with Crippen LogP contribution in [0, 0.1) is 5.92 Å². The summed E-state index contributed by atoms with van der Waals surface area (Å²) in [5.41, 5.74) is 0.622. The van der Waals surface area contributed by atoms with Crippen molar-refractivity contribution < 1.29 is 22.7 Å². The Balaban J connectivity index is 1.58. The summed E-state index contributed by atoms with van der Waals surface area (Å²) in [6, 6.07) is 3.69. The van der Waals surface area contributed by atoms with Gasteiger partial charge in [0.1, 0.15) is 11.4 Å². The molecule has 1 amide bonds. The van der Waals surface area contributed by atoms with Gasteiger partial charge in [-0.1, -0.05) is 17.7 Å². The summed E-state index contributed by atoms with van der Waals surface area (Å²) in [5.74, 6) is 1.03. The molecule has 0 aliphatic carbocycles. The van der Waals surface area contributed by atoms with Crippen LogP contribution in [0.5, 0.6) is 0 Å². The molecule has 7 nitrogen and oxygen atoms in total. The second-order valence-electron chi connectivity index (χ2n) is 9.97. The summed E-state index contributed by atoms with van der Waals surface area (Å²) in [5, 5.41) is 5.71. The van der Waals surface area contributed by atoms with Crippen LogP contribution in [0.4, 0.5) is 23.8 Å². The first-order valence-electron chi connectivity index (χ1n) is 11.8. The van der Waals surface area contributed by atoms with Gasteiger partial charge in [-0.2, -0.15) is 13.2 Å². The third-order valence-corrected chi connectivity index (χ3v) is 6.30. The summed E-state index contributed by atoms with van der Waals surface area (Å²) in [4.78, 5) is 23.3. The Morgan fingerprint density at radius 3 is 2.75 bits per heavy atom. The third kappa shape index (κ3) is 6.28. The van der Waals surface area contributed by atoms with E-state index in [1.807, 2.05) is 20.8 Å². The summed E-state index contributed by atoms with van der Waals surface area (Å²) in [6.45, 7) is 8.59. The van der Waals surface area contributed by atoms with Gasteiger partial charge in [0.25, 0.3) is 0 Å². The molecule has 0 spiro atoms. The smallest absolute Gasteiger partial charge is 0.417 e. The number of rotatable bonds is 5. The van der Waals surface area contributed by atoms with E-state index in [-0.39, 0.29) is 22.3 Å². The molecule has 1 saturated heterocycles. The van der Waals surface area contributed by atoms with Crippen LogP contribution in [-0.2, 0) is 10.9 Å². The second kappa shape index (κ2) is 10.3. The molecule has 2 N–H and O–H groups in total. The van der Waals surface area contributed by atoms with Gasteiger partial charge in [0.2, 0.25) is 0 Å². The molecule has 0 unspecified atom stereocenters. The number of carbonyl (C=O) groups is 1. The van der Waals surface area contributed by atoms with Gasteiger partial charge in [-0.05, 0) is 56.9 Å². The highest BCUT2D eigenvalue weighted by atomic mass is 35.5. The minimum atomic E-state index is -4.58. The first-order valence-corrected chi connectivity index (χ1v) is 12.1. The van der Waals surface area contributed by atoms with Gasteiger partial charge in [0, 0.05) is 50.0 Å². The van der Waals surface area contributed by atoms with Crippen molar-refractivity contribution in [3.05, 3.63) is 46.6 Å². The maximum atomic E-state index is 13.4. The molecule has 2 aliphatic rings. The largest absolute Gasteiger partial charge is 0.444 e. The van der Waals surface area contributed by atoms with E-state index in [9.17, 15) is 18.0 Å². The topological polar surface area (TPSA) is 79.4 Å². The van der Waals surface area contributed by atoms with Gasteiger partial charge in [0.05, 0.1) is 10.6 Å². The van der Waals surface area contributed by atoms with Gasteiger partial charge in [0.15, 0.2) is 5.82 Å². The fraction of sp³-hybridized carbons (Fsp3) is 0.480. The molecule has 1 aromatic heterocycles. The minimum Gasteiger partial charge on any atom is -0.444 e. The number of aromatic nitrogens is 2. The second-order valence-corrected chi connectivity index (χ2v) is 10.4. The average Bonchev–Trinajstić information content (AvgIpc) is 3.48. The maximum Gasteiger partial charge on any atom is 0.417 e. The Kier molecular flexibility index (Phi) is 7.47. The molecular weight excluding hydrogens is 495 g/mol. The molecule has 36 heavy (non-hydrogen) atoms. The van der Waals surface area contributed by atoms with Crippen LogP contribution in [0.15, 0.2) is 30.5 Å². The van der Waals surface area contributed by atoms with Crippen molar-refractivity contribution in [1.29, 1.82) is 0 Å². The van der Waals surface area contributed by atoms with Crippen molar-refractivity contribution in [3.8, 4) is 11.4 Å². The molecular formula is C25H29ClF3N5O2. The molecule has 3 heterocycles. The Morgan fingerprint density at radius 1 is 1.31 bits per heavy atom. The van der Waals surface area contributed by atoms with Crippen molar-refractivity contribution in [1.82, 2.24) is 20.6 Å². The highest BCUT2D eigenvalue weighted by Gasteiger charge is 2.34. The number of amides is 1. The molecule has 11 heteroatoms. The van der Waals surface area contributed by atoms with Crippen LogP contribution in [0.25, 0.3) is 17.0 Å². The minimum absolute atomic E-state index is 0.173. The van der Waals surface area contributed by atoms with Gasteiger partial charge < -0.3 is 20.3 Å². The van der Waals surface area contributed by atoms with Crippen molar-refractivity contribution in [2.45, 2.75) is 39.0 Å². The number of hydrogen-bond donors (Lipinski definition) is 2. The van der Waals surface area contributed by atoms with Crippen LogP contribution in [0.2, 0.25) is 5.02 Å². The highest BCUT2D eigenvalue weighted by molar-refractivity contribution is 6.31. The number of ether oxygens (including phenoxy) is 1. The van der Waals surface area contributed by atoms with Crippen molar-refractivity contribution >= 4 is 29.1 Å². The third-order valence-electron chi connectivity index (χ3n) is 5.97. The van der Waals surface area contributed by atoms with Crippen molar-refractivity contribution in [2.24, 2.45) is 5.92 Å². The molecule has 0 radical (unpaired) electrons. The van der Waals surface area contributed by atoms with E-state index in [4.69, 9.17) is 21.3 Å². The van der Waals surface area contributed by atoms with E-state index in [1.54, 1.807) is 6.20 Å². The molecule has 194 valence electrons. The highest BCUT2D eigenvalue weighted by Crippen LogP contribution is 2.38. The first-order chi connectivity index (χ1) is 16.9. The number of alkyl carbamates (subject to hydrolysis) is 1. The molecule has 1 aromatic carbocycles. The Bertz CT molecular complexity index is 1160. The molecule has 0 saturated carbocycles. The van der Waals surface area contributed by atoms with Crippen molar-refractivity contribution in [2.75, 3.05) is 37.6 Å². The molecule has 1 atom stereocenters. The normalized spacial score (nSPS) is 18.4. The standard InChI is InChI=1S/C25H29ClF3N5O2/c1-24(2,3)36-23(35)32-11-15-7-9-34(14-15)22-18(17-6-8-30-12-17)13-31-21(33-22)16-4-5-20(26)19(10-16)25(27,28)29/h4-6,10,13,15,30H,7-9,11-12,14H2,1-3H3,(H,32,35)/t15-/m0/s1. The Labute approximate surface area is 213 Å². The number of hydrogen-bond acceptors (Lipinski definition) is 6. The lowest BCUT2D eigenvalue weighted by molar-refractivity contribution is -0.137. The lowest BCUT2D eigenvalue weighted by Crippen LogP contribution is -2.36. The molecule has 2 aliphatic heterocycles. The number of nitrogens with one attached hydrogen (secondary N) is 2. The number of carbonyl (C=O) groups excluding carboxylic acids is 1. The number of benzene rings is 1. The zero-order valence-electron chi connectivity index (χ0n) is 20.4. The monoisotopic (exact) mass is 523 g/mol. The van der Waals surface area contributed by atoms with E-state index >= 15 is 0 Å². The number of alkyl halides is 3. The number of anilines is 1. The van der Waals surface area contributed by atoms with E-state index in [1.165, 1.54) is 12.1 Å². The van der Waals surface area contributed by atoms with Gasteiger partial charge in [-0.15, -0.1) is 0 Å². The SMILES string of the molecule is CC(C)(C)OC(=O)NC[C@@H]1CCN(c2nc(-c3ccc(Cl)c(C(F)(F)F)c3)ncc2C2=CCNC2)C1. The predicted octanol–water partition coefficient (Wildman–Crippen LogP) is 5.15. The van der Waals surface area contributed by atoms with Crippen molar-refractivity contribution in [3.63, 3.8) is 0 Å². The quantitative estimate of drug-likeness (QED) is 0.564. The summed E-state index contributed by atoms with van der Waals surface area (Å²) >= 11 is 5.80. The van der Waals surface area contributed by atoms with E-state index in [0.717, 1.165) is 30.2 Å². The zero-order valence-corrected chi connectivity index (χ0v) is 21.1. The number of nitrogens with zero attached hydrogens (tertiary/aromatic N) is 3. The fourth-order valence-corrected chi connectivity index (χ4v) is 4.50. The van der Waals surface area contributed by atoms with Gasteiger partial charge >= 0.3 is 12.3 Å². The Hall–Kier alpha value is -2.85. The van der Waals surface area contributed by atoms with E-state index in [2.05, 4.69) is 26.6 Å². The molecule has 4 rings (SSSR count). The maximum absolute atomic E-state index is 13.4. The molecule has 2 aromatic rings. The fourth-order valence-electron chi connectivity index (χ4n) is 4.27. The van der Waals surface area contributed by atoms with Crippen LogP contribution in [0.1, 0.15) is 38.3 Å². The molecule has 0 bridgehead atoms. The Morgan fingerprint density at radius 2 is 2.08 bits per heavy atom. The van der Waals surface area contributed by atoms with E-state index in [0.29, 0.717) is 32.0 Å². The number of halogens is 4. The van der Waals surface area contributed by atoms with Crippen LogP contribution in [0.3, 0.4) is 0 Å². The van der Waals surface area contributed by atoms with Crippen LogP contribution in [-0.4, -0.2) is 54.4 Å². The summed E-state index contributed by atoms with van der Waals surface area (Å²) < 4.78 is 45.6. The molecule has 1 fully saturated rings. The van der Waals surface area contributed by atoms with Crippen LogP contribution >= 0.6 is 11.6 Å². The average molecular weight is 524 g/mol. The van der Waals surface area contributed by atoms with Gasteiger partial charge in [-0.3, -0.25) is 0 Å². The summed E-state index contributed by atoms with van der Waals surface area (Å²) in [7, 11) is 0. The van der Waals surface area contributed by atoms with Gasteiger partial charge in [-0.25, -0.2) is 14.8 Å².